The standard InChI is InChI=1S/C14H23N3O3S/c1-21(19,20)17-9-7-16(8-10-17)11-14(15,12-18)13-5-3-2-4-6-13/h2-6,18H,7-12,15H2,1H3. The molecule has 21 heavy (non-hydrogen) atoms. The van der Waals surface area contributed by atoms with E-state index < -0.39 is 15.6 Å². The van der Waals surface area contributed by atoms with E-state index in [1.165, 1.54) is 10.6 Å². The average molecular weight is 313 g/mol. The van der Waals surface area contributed by atoms with Crippen molar-refractivity contribution in [3.8, 4) is 0 Å². The van der Waals surface area contributed by atoms with Crippen molar-refractivity contribution in [1.82, 2.24) is 9.21 Å². The number of sulfonamides is 1. The lowest BCUT2D eigenvalue weighted by Crippen LogP contribution is -2.56. The number of hydrogen-bond acceptors (Lipinski definition) is 5. The first-order chi connectivity index (χ1) is 9.85. The highest BCUT2D eigenvalue weighted by Crippen LogP contribution is 2.20. The van der Waals surface area contributed by atoms with E-state index in [1.807, 2.05) is 30.3 Å². The maximum absolute atomic E-state index is 11.5. The van der Waals surface area contributed by atoms with Crippen molar-refractivity contribution in [1.29, 1.82) is 0 Å². The van der Waals surface area contributed by atoms with Crippen LogP contribution in [-0.4, -0.2) is 68.3 Å². The Hall–Kier alpha value is -0.990. The lowest BCUT2D eigenvalue weighted by Gasteiger charge is -2.39. The van der Waals surface area contributed by atoms with Crippen LogP contribution in [0.25, 0.3) is 0 Å². The molecule has 0 aromatic heterocycles. The molecular weight excluding hydrogens is 290 g/mol. The highest BCUT2D eigenvalue weighted by atomic mass is 32.2. The molecule has 1 aliphatic rings. The summed E-state index contributed by atoms with van der Waals surface area (Å²) in [5, 5.41) is 9.69. The van der Waals surface area contributed by atoms with Crippen LogP contribution in [0.1, 0.15) is 5.56 Å². The van der Waals surface area contributed by atoms with Gasteiger partial charge in [-0.25, -0.2) is 8.42 Å². The van der Waals surface area contributed by atoms with Gasteiger partial charge in [-0.2, -0.15) is 4.31 Å². The Bertz CT molecular complexity index is 556. The zero-order valence-electron chi connectivity index (χ0n) is 12.3. The van der Waals surface area contributed by atoms with Crippen LogP contribution in [0.15, 0.2) is 30.3 Å². The molecule has 1 fully saturated rings. The van der Waals surface area contributed by atoms with Gasteiger partial charge >= 0.3 is 0 Å². The van der Waals surface area contributed by atoms with Gasteiger partial charge in [0.2, 0.25) is 10.0 Å². The Balaban J connectivity index is 2.01. The van der Waals surface area contributed by atoms with Gasteiger partial charge in [-0.1, -0.05) is 30.3 Å². The molecule has 0 saturated carbocycles. The fourth-order valence-electron chi connectivity index (χ4n) is 2.62. The van der Waals surface area contributed by atoms with Crippen LogP contribution in [0.2, 0.25) is 0 Å². The van der Waals surface area contributed by atoms with Crippen molar-refractivity contribution in [2.45, 2.75) is 5.54 Å². The van der Waals surface area contributed by atoms with Gasteiger partial charge in [-0.05, 0) is 5.56 Å². The molecule has 1 aliphatic heterocycles. The topological polar surface area (TPSA) is 86.9 Å². The predicted molar refractivity (Wildman–Crippen MR) is 82.3 cm³/mol. The molecule has 1 atom stereocenters. The average Bonchev–Trinajstić information content (AvgIpc) is 2.47. The number of piperazine rings is 1. The fraction of sp³-hybridized carbons (Fsp3) is 0.571. The summed E-state index contributed by atoms with van der Waals surface area (Å²) in [7, 11) is -3.12. The molecular formula is C14H23N3O3S. The van der Waals surface area contributed by atoms with E-state index in [-0.39, 0.29) is 6.61 Å². The van der Waals surface area contributed by atoms with Gasteiger partial charge in [0.25, 0.3) is 0 Å². The third kappa shape index (κ3) is 4.02. The first-order valence-electron chi connectivity index (χ1n) is 6.98. The Labute approximate surface area is 126 Å². The molecule has 0 aliphatic carbocycles. The van der Waals surface area contributed by atoms with Crippen molar-refractivity contribution >= 4 is 10.0 Å². The van der Waals surface area contributed by atoms with Crippen LogP contribution in [0, 0.1) is 0 Å². The lowest BCUT2D eigenvalue weighted by molar-refractivity contribution is 0.111. The van der Waals surface area contributed by atoms with Gasteiger partial charge in [0, 0.05) is 32.7 Å². The molecule has 0 spiro atoms. The third-order valence-electron chi connectivity index (χ3n) is 3.94. The molecule has 7 heteroatoms. The summed E-state index contributed by atoms with van der Waals surface area (Å²) in [5.74, 6) is 0. The van der Waals surface area contributed by atoms with E-state index >= 15 is 0 Å². The third-order valence-corrected chi connectivity index (χ3v) is 5.24. The number of benzene rings is 1. The monoisotopic (exact) mass is 313 g/mol. The van der Waals surface area contributed by atoms with Crippen molar-refractivity contribution in [2.75, 3.05) is 45.6 Å². The second-order valence-corrected chi connectivity index (χ2v) is 7.60. The van der Waals surface area contributed by atoms with Crippen LogP contribution in [0.4, 0.5) is 0 Å². The molecule has 1 unspecified atom stereocenters. The number of nitrogens with two attached hydrogens (primary N) is 1. The SMILES string of the molecule is CS(=O)(=O)N1CCN(CC(N)(CO)c2ccccc2)CC1. The molecule has 0 bridgehead atoms. The molecule has 0 amide bonds. The van der Waals surface area contributed by atoms with Gasteiger partial charge in [0.15, 0.2) is 0 Å². The summed E-state index contributed by atoms with van der Waals surface area (Å²) in [6, 6.07) is 9.51. The zero-order valence-corrected chi connectivity index (χ0v) is 13.1. The Morgan fingerprint density at radius 2 is 1.76 bits per heavy atom. The Morgan fingerprint density at radius 1 is 1.19 bits per heavy atom. The first kappa shape index (κ1) is 16.4. The van der Waals surface area contributed by atoms with Crippen LogP contribution < -0.4 is 5.73 Å². The minimum Gasteiger partial charge on any atom is -0.394 e. The maximum Gasteiger partial charge on any atom is 0.211 e. The highest BCUT2D eigenvalue weighted by Gasteiger charge is 2.32. The first-order valence-corrected chi connectivity index (χ1v) is 8.83. The van der Waals surface area contributed by atoms with Crippen LogP contribution in [0.3, 0.4) is 0 Å². The molecule has 0 radical (unpaired) electrons. The molecule has 1 aromatic rings. The summed E-state index contributed by atoms with van der Waals surface area (Å²) in [4.78, 5) is 2.10. The second-order valence-electron chi connectivity index (χ2n) is 5.62. The van der Waals surface area contributed by atoms with E-state index in [2.05, 4.69) is 4.90 Å². The second kappa shape index (κ2) is 6.41. The normalized spacial score (nSPS) is 21.1. The minimum absolute atomic E-state index is 0.149. The van der Waals surface area contributed by atoms with E-state index in [4.69, 9.17) is 5.73 Å². The summed E-state index contributed by atoms with van der Waals surface area (Å²) < 4.78 is 24.5. The number of nitrogens with zero attached hydrogens (tertiary/aromatic N) is 2. The van der Waals surface area contributed by atoms with Gasteiger partial charge in [0.1, 0.15) is 0 Å². The Kier molecular flexibility index (Phi) is 5.00. The molecule has 118 valence electrons. The van der Waals surface area contributed by atoms with E-state index in [1.54, 1.807) is 0 Å². The molecule has 1 aromatic carbocycles. The quantitative estimate of drug-likeness (QED) is 0.759. The molecule has 2 rings (SSSR count). The predicted octanol–water partition coefficient (Wildman–Crippen LogP) is -0.590. The van der Waals surface area contributed by atoms with E-state index in [0.29, 0.717) is 32.7 Å². The number of aliphatic hydroxyl groups is 1. The minimum atomic E-state index is -3.12. The number of rotatable bonds is 5. The van der Waals surface area contributed by atoms with Crippen molar-refractivity contribution in [2.24, 2.45) is 5.73 Å². The van der Waals surface area contributed by atoms with Gasteiger partial charge < -0.3 is 10.8 Å². The molecule has 1 heterocycles. The fourth-order valence-corrected chi connectivity index (χ4v) is 3.45. The van der Waals surface area contributed by atoms with E-state index in [0.717, 1.165) is 5.56 Å². The number of aliphatic hydroxyl groups excluding tert-OH is 1. The van der Waals surface area contributed by atoms with Crippen molar-refractivity contribution in [3.05, 3.63) is 35.9 Å². The molecule has 6 nitrogen and oxygen atoms in total. The lowest BCUT2D eigenvalue weighted by atomic mass is 9.91. The van der Waals surface area contributed by atoms with E-state index in [9.17, 15) is 13.5 Å². The summed E-state index contributed by atoms with van der Waals surface area (Å²) in [6.45, 7) is 2.54. The summed E-state index contributed by atoms with van der Waals surface area (Å²) in [6.07, 6.45) is 1.23. The van der Waals surface area contributed by atoms with Gasteiger partial charge in [0.05, 0.1) is 18.4 Å². The molecule has 1 saturated heterocycles. The maximum atomic E-state index is 11.5. The van der Waals surface area contributed by atoms with Gasteiger partial charge in [-0.3, -0.25) is 4.90 Å². The van der Waals surface area contributed by atoms with Crippen LogP contribution >= 0.6 is 0 Å². The smallest absolute Gasteiger partial charge is 0.211 e. The Morgan fingerprint density at radius 3 is 2.24 bits per heavy atom. The zero-order chi connectivity index (χ0) is 15.5. The van der Waals surface area contributed by atoms with Crippen molar-refractivity contribution < 1.29 is 13.5 Å². The summed E-state index contributed by atoms with van der Waals surface area (Å²) >= 11 is 0. The highest BCUT2D eigenvalue weighted by molar-refractivity contribution is 7.88. The molecule has 3 N–H and O–H groups in total. The van der Waals surface area contributed by atoms with Crippen molar-refractivity contribution in [3.63, 3.8) is 0 Å². The number of hydrogen-bond donors (Lipinski definition) is 2. The van der Waals surface area contributed by atoms with Crippen LogP contribution in [-0.2, 0) is 15.6 Å². The summed E-state index contributed by atoms with van der Waals surface area (Å²) in [5.41, 5.74) is 6.41. The van der Waals surface area contributed by atoms with Gasteiger partial charge in [-0.15, -0.1) is 0 Å². The van der Waals surface area contributed by atoms with Crippen LogP contribution in [0.5, 0.6) is 0 Å². The largest absolute Gasteiger partial charge is 0.394 e.